The summed E-state index contributed by atoms with van der Waals surface area (Å²) in [4.78, 5) is 2.57. The second-order valence-electron chi connectivity index (χ2n) is 5.81. The van der Waals surface area contributed by atoms with Crippen LogP contribution in [0.5, 0.6) is 0 Å². The number of para-hydroxylation sites is 1. The molecule has 0 amide bonds. The molecule has 2 rings (SSSR count). The Kier molecular flexibility index (Phi) is 5.26. The molecule has 1 aromatic rings. The summed E-state index contributed by atoms with van der Waals surface area (Å²) in [6.45, 7) is 10.4. The fraction of sp³-hybridized carbons (Fsp3) is 0.647. The second-order valence-corrected chi connectivity index (χ2v) is 5.81. The van der Waals surface area contributed by atoms with Gasteiger partial charge in [0.1, 0.15) is 0 Å². The number of anilines is 1. The van der Waals surface area contributed by atoms with E-state index in [9.17, 15) is 0 Å². The molecule has 1 aliphatic heterocycles. The van der Waals surface area contributed by atoms with E-state index in [2.05, 4.69) is 55.3 Å². The third kappa shape index (κ3) is 3.50. The van der Waals surface area contributed by atoms with E-state index >= 15 is 0 Å². The lowest BCUT2D eigenvalue weighted by atomic mass is 10.0. The van der Waals surface area contributed by atoms with Crippen molar-refractivity contribution in [3.63, 3.8) is 0 Å². The van der Waals surface area contributed by atoms with Crippen LogP contribution in [0, 0.1) is 5.92 Å². The van der Waals surface area contributed by atoms with Crippen LogP contribution in [0.3, 0.4) is 0 Å². The first-order valence-electron chi connectivity index (χ1n) is 7.83. The summed E-state index contributed by atoms with van der Waals surface area (Å²) >= 11 is 0. The predicted molar refractivity (Wildman–Crippen MR) is 83.8 cm³/mol. The van der Waals surface area contributed by atoms with Crippen LogP contribution in [0.2, 0.25) is 0 Å². The van der Waals surface area contributed by atoms with Crippen LogP contribution in [0.25, 0.3) is 0 Å². The van der Waals surface area contributed by atoms with E-state index in [-0.39, 0.29) is 0 Å². The summed E-state index contributed by atoms with van der Waals surface area (Å²) in [6.07, 6.45) is 3.67. The van der Waals surface area contributed by atoms with Gasteiger partial charge in [-0.3, -0.25) is 0 Å². The van der Waals surface area contributed by atoms with Gasteiger partial charge >= 0.3 is 0 Å². The van der Waals surface area contributed by atoms with Crippen molar-refractivity contribution in [3.8, 4) is 0 Å². The van der Waals surface area contributed by atoms with Crippen molar-refractivity contribution in [3.05, 3.63) is 29.8 Å². The zero-order chi connectivity index (χ0) is 13.7. The molecule has 106 valence electrons. The fourth-order valence-electron chi connectivity index (χ4n) is 3.02. The number of hydrogen-bond acceptors (Lipinski definition) is 2. The maximum absolute atomic E-state index is 3.68. The number of benzene rings is 1. The zero-order valence-electron chi connectivity index (χ0n) is 12.7. The maximum atomic E-state index is 3.68. The summed E-state index contributed by atoms with van der Waals surface area (Å²) in [6, 6.07) is 9.44. The molecule has 2 atom stereocenters. The highest BCUT2D eigenvalue weighted by atomic mass is 15.2. The van der Waals surface area contributed by atoms with Crippen molar-refractivity contribution in [1.82, 2.24) is 5.32 Å². The lowest BCUT2D eigenvalue weighted by molar-refractivity contribution is 0.518. The van der Waals surface area contributed by atoms with Gasteiger partial charge in [-0.15, -0.1) is 0 Å². The van der Waals surface area contributed by atoms with Crippen LogP contribution in [-0.2, 0) is 0 Å². The molecule has 1 heterocycles. The fourth-order valence-corrected chi connectivity index (χ4v) is 3.02. The molecule has 1 aromatic carbocycles. The Labute approximate surface area is 118 Å². The van der Waals surface area contributed by atoms with Gasteiger partial charge in [0.2, 0.25) is 0 Å². The molecule has 0 aliphatic carbocycles. The minimum absolute atomic E-state index is 0.493. The van der Waals surface area contributed by atoms with Crippen LogP contribution in [-0.4, -0.2) is 19.6 Å². The van der Waals surface area contributed by atoms with Gasteiger partial charge in [0.15, 0.2) is 0 Å². The van der Waals surface area contributed by atoms with Gasteiger partial charge in [0.05, 0.1) is 0 Å². The Morgan fingerprint density at radius 1 is 1.32 bits per heavy atom. The quantitative estimate of drug-likeness (QED) is 0.832. The Morgan fingerprint density at radius 2 is 2.11 bits per heavy atom. The lowest BCUT2D eigenvalue weighted by Gasteiger charge is -2.26. The highest BCUT2D eigenvalue weighted by Gasteiger charge is 2.22. The van der Waals surface area contributed by atoms with E-state index in [0.29, 0.717) is 6.04 Å². The molecule has 0 bridgehead atoms. The highest BCUT2D eigenvalue weighted by Crippen LogP contribution is 2.31. The van der Waals surface area contributed by atoms with Crippen LogP contribution >= 0.6 is 0 Å². The summed E-state index contributed by atoms with van der Waals surface area (Å²) in [7, 11) is 0. The van der Waals surface area contributed by atoms with Crippen LogP contribution in [0.4, 0.5) is 5.69 Å². The first-order chi connectivity index (χ1) is 9.26. The highest BCUT2D eigenvalue weighted by molar-refractivity contribution is 5.55. The first kappa shape index (κ1) is 14.4. The minimum Gasteiger partial charge on any atom is -0.371 e. The number of hydrogen-bond donors (Lipinski definition) is 1. The van der Waals surface area contributed by atoms with E-state index in [4.69, 9.17) is 0 Å². The van der Waals surface area contributed by atoms with Crippen molar-refractivity contribution in [2.45, 2.75) is 46.1 Å². The zero-order valence-corrected chi connectivity index (χ0v) is 12.7. The van der Waals surface area contributed by atoms with E-state index in [1.807, 2.05) is 0 Å². The van der Waals surface area contributed by atoms with Gasteiger partial charge in [-0.25, -0.2) is 0 Å². The van der Waals surface area contributed by atoms with E-state index < -0.39 is 0 Å². The molecule has 19 heavy (non-hydrogen) atoms. The molecule has 1 fully saturated rings. The predicted octanol–water partition coefficient (Wildman–Crippen LogP) is 3.98. The maximum Gasteiger partial charge on any atom is 0.0414 e. The van der Waals surface area contributed by atoms with Crippen molar-refractivity contribution < 1.29 is 0 Å². The Balaban J connectivity index is 2.19. The smallest absolute Gasteiger partial charge is 0.0414 e. The average molecular weight is 260 g/mol. The molecule has 2 unspecified atom stereocenters. The molecule has 0 saturated carbocycles. The van der Waals surface area contributed by atoms with E-state index in [1.54, 1.807) is 0 Å². The van der Waals surface area contributed by atoms with Crippen molar-refractivity contribution in [2.75, 3.05) is 24.5 Å². The molecule has 1 N–H and O–H groups in total. The van der Waals surface area contributed by atoms with Crippen LogP contribution in [0.15, 0.2) is 24.3 Å². The standard InChI is InChI=1S/C17H28N2/c1-4-11-18-16(5-2)15-8-6-7-9-17(15)19-12-10-14(3)13-19/h6-9,14,16,18H,4-5,10-13H2,1-3H3. The normalized spacial score (nSPS) is 20.8. The Hall–Kier alpha value is -1.02. The van der Waals surface area contributed by atoms with Crippen LogP contribution in [0.1, 0.15) is 51.6 Å². The van der Waals surface area contributed by atoms with Gasteiger partial charge in [0.25, 0.3) is 0 Å². The topological polar surface area (TPSA) is 15.3 Å². The summed E-state index contributed by atoms with van der Waals surface area (Å²) in [5.74, 6) is 0.830. The first-order valence-corrected chi connectivity index (χ1v) is 7.83. The third-order valence-electron chi connectivity index (χ3n) is 4.13. The average Bonchev–Trinajstić information content (AvgIpc) is 2.87. The molecule has 1 saturated heterocycles. The lowest BCUT2D eigenvalue weighted by Crippen LogP contribution is -2.26. The molecular formula is C17H28N2. The molecule has 1 aliphatic rings. The van der Waals surface area contributed by atoms with Crippen molar-refractivity contribution in [2.24, 2.45) is 5.92 Å². The molecule has 0 radical (unpaired) electrons. The molecule has 2 heteroatoms. The summed E-state index contributed by atoms with van der Waals surface area (Å²) in [5.41, 5.74) is 2.93. The van der Waals surface area contributed by atoms with E-state index in [0.717, 1.165) is 18.9 Å². The van der Waals surface area contributed by atoms with Gasteiger partial charge < -0.3 is 10.2 Å². The molecule has 0 aromatic heterocycles. The molecular weight excluding hydrogens is 232 g/mol. The van der Waals surface area contributed by atoms with Crippen molar-refractivity contribution >= 4 is 5.69 Å². The van der Waals surface area contributed by atoms with Crippen LogP contribution < -0.4 is 10.2 Å². The third-order valence-corrected chi connectivity index (χ3v) is 4.13. The number of nitrogens with one attached hydrogen (secondary N) is 1. The Bertz CT molecular complexity index is 389. The number of nitrogens with zero attached hydrogens (tertiary/aromatic N) is 1. The Morgan fingerprint density at radius 3 is 2.74 bits per heavy atom. The van der Waals surface area contributed by atoms with Gasteiger partial charge in [-0.2, -0.15) is 0 Å². The van der Waals surface area contributed by atoms with Gasteiger partial charge in [-0.1, -0.05) is 39.0 Å². The number of rotatable bonds is 6. The molecule has 2 nitrogen and oxygen atoms in total. The monoisotopic (exact) mass is 260 g/mol. The minimum atomic E-state index is 0.493. The van der Waals surface area contributed by atoms with E-state index in [1.165, 1.54) is 37.2 Å². The molecule has 0 spiro atoms. The van der Waals surface area contributed by atoms with Crippen molar-refractivity contribution in [1.29, 1.82) is 0 Å². The summed E-state index contributed by atoms with van der Waals surface area (Å²) < 4.78 is 0. The van der Waals surface area contributed by atoms with Gasteiger partial charge in [-0.05, 0) is 43.4 Å². The van der Waals surface area contributed by atoms with Gasteiger partial charge in [0, 0.05) is 24.8 Å². The SMILES string of the molecule is CCCNC(CC)c1ccccc1N1CCC(C)C1. The summed E-state index contributed by atoms with van der Waals surface area (Å²) in [5, 5.41) is 3.68. The second kappa shape index (κ2) is 6.95. The largest absolute Gasteiger partial charge is 0.371 e.